The molecule has 0 aliphatic carbocycles. The van der Waals surface area contributed by atoms with E-state index in [9.17, 15) is 9.59 Å². The molecule has 0 atom stereocenters. The van der Waals surface area contributed by atoms with E-state index in [1.807, 2.05) is 41.2 Å². The van der Waals surface area contributed by atoms with E-state index in [4.69, 9.17) is 0 Å². The molecule has 0 unspecified atom stereocenters. The molecule has 23 heavy (non-hydrogen) atoms. The van der Waals surface area contributed by atoms with Gasteiger partial charge in [-0.1, -0.05) is 24.3 Å². The Labute approximate surface area is 132 Å². The van der Waals surface area contributed by atoms with Crippen LogP contribution in [-0.2, 0) is 13.1 Å². The Kier molecular flexibility index (Phi) is 4.33. The summed E-state index contributed by atoms with van der Waals surface area (Å²) in [7, 11) is 0. The summed E-state index contributed by atoms with van der Waals surface area (Å²) >= 11 is 0. The number of aromatic nitrogens is 3. The van der Waals surface area contributed by atoms with Gasteiger partial charge in [-0.3, -0.25) is 14.3 Å². The molecular formula is C17H16N4O2. The topological polar surface area (TPSA) is 79.8 Å². The summed E-state index contributed by atoms with van der Waals surface area (Å²) in [5.41, 5.74) is 2.32. The van der Waals surface area contributed by atoms with Crippen LogP contribution < -0.4 is 10.9 Å². The van der Waals surface area contributed by atoms with Gasteiger partial charge in [0.25, 0.3) is 5.91 Å². The fraction of sp³-hybridized carbons (Fsp3) is 0.118. The zero-order valence-corrected chi connectivity index (χ0v) is 12.4. The first-order chi connectivity index (χ1) is 11.2. The molecule has 116 valence electrons. The number of rotatable bonds is 5. The smallest absolute Gasteiger partial charge is 0.253 e. The van der Waals surface area contributed by atoms with Gasteiger partial charge in [0, 0.05) is 31.2 Å². The normalized spacial score (nSPS) is 10.4. The highest BCUT2D eigenvalue weighted by Gasteiger charge is 2.05. The van der Waals surface area contributed by atoms with Gasteiger partial charge in [-0.2, -0.15) is 5.10 Å². The quantitative estimate of drug-likeness (QED) is 0.750. The van der Waals surface area contributed by atoms with Gasteiger partial charge >= 0.3 is 0 Å². The first-order valence-electron chi connectivity index (χ1n) is 7.23. The van der Waals surface area contributed by atoms with Crippen molar-refractivity contribution < 1.29 is 4.79 Å². The average Bonchev–Trinajstić information content (AvgIpc) is 3.07. The lowest BCUT2D eigenvalue weighted by Gasteiger charge is -2.08. The van der Waals surface area contributed by atoms with Gasteiger partial charge in [-0.15, -0.1) is 0 Å². The third-order valence-electron chi connectivity index (χ3n) is 3.39. The van der Waals surface area contributed by atoms with Gasteiger partial charge < -0.3 is 10.3 Å². The van der Waals surface area contributed by atoms with Crippen LogP contribution in [0.4, 0.5) is 0 Å². The molecule has 1 amide bonds. The summed E-state index contributed by atoms with van der Waals surface area (Å²) < 4.78 is 1.85. The SMILES string of the molecule is O=C(NCc1cccc(Cn2cccn2)c1)c1ccc(=O)[nH]c1. The second kappa shape index (κ2) is 6.74. The van der Waals surface area contributed by atoms with E-state index in [2.05, 4.69) is 15.4 Å². The van der Waals surface area contributed by atoms with Crippen LogP contribution in [0.1, 0.15) is 21.5 Å². The molecule has 0 radical (unpaired) electrons. The van der Waals surface area contributed by atoms with Crippen molar-refractivity contribution in [1.29, 1.82) is 0 Å². The van der Waals surface area contributed by atoms with E-state index in [1.165, 1.54) is 18.3 Å². The van der Waals surface area contributed by atoms with Gasteiger partial charge in [0.2, 0.25) is 5.56 Å². The highest BCUT2D eigenvalue weighted by molar-refractivity contribution is 5.93. The third-order valence-corrected chi connectivity index (χ3v) is 3.39. The molecule has 0 aliphatic heterocycles. The van der Waals surface area contributed by atoms with Crippen LogP contribution in [0.3, 0.4) is 0 Å². The molecule has 6 nitrogen and oxygen atoms in total. The fourth-order valence-corrected chi connectivity index (χ4v) is 2.26. The summed E-state index contributed by atoms with van der Waals surface area (Å²) in [6.45, 7) is 1.11. The van der Waals surface area contributed by atoms with Crippen molar-refractivity contribution in [2.45, 2.75) is 13.1 Å². The molecule has 3 rings (SSSR count). The Bertz CT molecular complexity index is 833. The largest absolute Gasteiger partial charge is 0.348 e. The van der Waals surface area contributed by atoms with Crippen LogP contribution >= 0.6 is 0 Å². The van der Waals surface area contributed by atoms with E-state index in [-0.39, 0.29) is 11.5 Å². The zero-order valence-electron chi connectivity index (χ0n) is 12.4. The molecule has 2 aromatic heterocycles. The Morgan fingerprint density at radius 1 is 1.17 bits per heavy atom. The molecule has 2 N–H and O–H groups in total. The molecule has 6 heteroatoms. The first-order valence-corrected chi connectivity index (χ1v) is 7.23. The number of carbonyl (C=O) groups excluding carboxylic acids is 1. The first kappa shape index (κ1) is 14.8. The lowest BCUT2D eigenvalue weighted by molar-refractivity contribution is 0.0950. The summed E-state index contributed by atoms with van der Waals surface area (Å²) in [6.07, 6.45) is 5.06. The molecule has 0 bridgehead atoms. The van der Waals surface area contributed by atoms with Gasteiger partial charge in [0.05, 0.1) is 12.1 Å². The van der Waals surface area contributed by atoms with E-state index >= 15 is 0 Å². The van der Waals surface area contributed by atoms with E-state index in [1.54, 1.807) is 6.20 Å². The minimum atomic E-state index is -0.229. The van der Waals surface area contributed by atoms with Gasteiger partial charge in [0.15, 0.2) is 0 Å². The van der Waals surface area contributed by atoms with Gasteiger partial charge in [0.1, 0.15) is 0 Å². The fourth-order valence-electron chi connectivity index (χ4n) is 2.26. The molecule has 0 saturated carbocycles. The van der Waals surface area contributed by atoms with Crippen LogP contribution in [0.2, 0.25) is 0 Å². The molecule has 0 saturated heterocycles. The van der Waals surface area contributed by atoms with Gasteiger partial charge in [-0.05, 0) is 23.3 Å². The number of carbonyl (C=O) groups is 1. The Morgan fingerprint density at radius 2 is 2.04 bits per heavy atom. The second-order valence-corrected chi connectivity index (χ2v) is 5.15. The maximum Gasteiger partial charge on any atom is 0.253 e. The van der Waals surface area contributed by atoms with Crippen molar-refractivity contribution in [3.63, 3.8) is 0 Å². The van der Waals surface area contributed by atoms with Gasteiger partial charge in [-0.25, -0.2) is 0 Å². The summed E-state index contributed by atoms with van der Waals surface area (Å²) in [6, 6.07) is 12.7. The lowest BCUT2D eigenvalue weighted by Crippen LogP contribution is -2.23. The molecular weight excluding hydrogens is 292 g/mol. The van der Waals surface area contributed by atoms with Crippen LogP contribution in [0, 0.1) is 0 Å². The molecule has 1 aromatic carbocycles. The Hall–Kier alpha value is -3.15. The number of hydrogen-bond acceptors (Lipinski definition) is 3. The lowest BCUT2D eigenvalue weighted by atomic mass is 10.1. The molecule has 0 aliphatic rings. The molecule has 0 spiro atoms. The predicted octanol–water partition coefficient (Wildman–Crippen LogP) is 1.55. The zero-order chi connectivity index (χ0) is 16.1. The minimum Gasteiger partial charge on any atom is -0.348 e. The molecule has 0 fully saturated rings. The highest BCUT2D eigenvalue weighted by Crippen LogP contribution is 2.07. The Balaban J connectivity index is 1.62. The summed E-state index contributed by atoms with van der Waals surface area (Å²) in [5, 5.41) is 7.02. The monoisotopic (exact) mass is 308 g/mol. The van der Waals surface area contributed by atoms with E-state index in [0.29, 0.717) is 18.7 Å². The van der Waals surface area contributed by atoms with Crippen molar-refractivity contribution in [2.24, 2.45) is 0 Å². The third kappa shape index (κ3) is 3.94. The van der Waals surface area contributed by atoms with Crippen LogP contribution in [-0.4, -0.2) is 20.7 Å². The number of nitrogens with zero attached hydrogens (tertiary/aromatic N) is 2. The van der Waals surface area contributed by atoms with Crippen LogP contribution in [0.5, 0.6) is 0 Å². The maximum atomic E-state index is 12.0. The summed E-state index contributed by atoms with van der Waals surface area (Å²) in [4.78, 5) is 25.5. The summed E-state index contributed by atoms with van der Waals surface area (Å²) in [5.74, 6) is -0.223. The molecule has 2 heterocycles. The Morgan fingerprint density at radius 3 is 2.78 bits per heavy atom. The maximum absolute atomic E-state index is 12.0. The van der Waals surface area contributed by atoms with Crippen molar-refractivity contribution in [1.82, 2.24) is 20.1 Å². The van der Waals surface area contributed by atoms with Crippen molar-refractivity contribution >= 4 is 5.91 Å². The number of pyridine rings is 1. The number of nitrogens with one attached hydrogen (secondary N) is 2. The van der Waals surface area contributed by atoms with Crippen molar-refractivity contribution in [3.05, 3.63) is 88.1 Å². The van der Waals surface area contributed by atoms with Crippen molar-refractivity contribution in [2.75, 3.05) is 0 Å². The number of benzene rings is 1. The van der Waals surface area contributed by atoms with E-state index < -0.39 is 0 Å². The second-order valence-electron chi connectivity index (χ2n) is 5.15. The average molecular weight is 308 g/mol. The number of hydrogen-bond donors (Lipinski definition) is 2. The van der Waals surface area contributed by atoms with Crippen molar-refractivity contribution in [3.8, 4) is 0 Å². The molecule has 3 aromatic rings. The minimum absolute atomic E-state index is 0.223. The number of amides is 1. The van der Waals surface area contributed by atoms with E-state index in [0.717, 1.165) is 11.1 Å². The predicted molar refractivity (Wildman–Crippen MR) is 86.0 cm³/mol. The number of H-pyrrole nitrogens is 1. The standard InChI is InChI=1S/C17H16N4O2/c22-16-6-5-15(11-18-16)17(23)19-10-13-3-1-4-14(9-13)12-21-8-2-7-20-21/h1-9,11H,10,12H2,(H,18,22)(H,19,23). The van der Waals surface area contributed by atoms with Crippen LogP contribution in [0.15, 0.2) is 65.8 Å². The van der Waals surface area contributed by atoms with Crippen LogP contribution in [0.25, 0.3) is 0 Å². The number of aromatic amines is 1. The highest BCUT2D eigenvalue weighted by atomic mass is 16.1.